The second kappa shape index (κ2) is 7.50. The van der Waals surface area contributed by atoms with Crippen LogP contribution >= 0.6 is 11.8 Å². The summed E-state index contributed by atoms with van der Waals surface area (Å²) in [5.41, 5.74) is -0.302. The van der Waals surface area contributed by atoms with Crippen molar-refractivity contribution in [2.24, 2.45) is 11.3 Å². The molecule has 2 saturated heterocycles. The van der Waals surface area contributed by atoms with Gasteiger partial charge in [0.2, 0.25) is 5.91 Å². The maximum absolute atomic E-state index is 12.5. The van der Waals surface area contributed by atoms with Crippen LogP contribution < -0.4 is 10.6 Å². The molecule has 0 saturated carbocycles. The van der Waals surface area contributed by atoms with E-state index in [9.17, 15) is 4.79 Å². The summed E-state index contributed by atoms with van der Waals surface area (Å²) in [7, 11) is 1.69. The van der Waals surface area contributed by atoms with Crippen molar-refractivity contribution in [1.29, 1.82) is 0 Å². The number of rotatable bonds is 5. The molecule has 2 fully saturated rings. The smallest absolute Gasteiger partial charge is 0.228 e. The van der Waals surface area contributed by atoms with E-state index < -0.39 is 0 Å². The summed E-state index contributed by atoms with van der Waals surface area (Å²) in [5, 5.41) is 6.51. The number of ether oxygens (including phenoxy) is 1. The molecule has 0 aromatic rings. The zero-order valence-corrected chi connectivity index (χ0v) is 12.7. The van der Waals surface area contributed by atoms with Crippen LogP contribution in [0.2, 0.25) is 0 Å². The molecule has 2 N–H and O–H groups in total. The van der Waals surface area contributed by atoms with Gasteiger partial charge >= 0.3 is 0 Å². The van der Waals surface area contributed by atoms with Crippen molar-refractivity contribution in [1.82, 2.24) is 10.6 Å². The number of carbonyl (C=O) groups is 1. The largest absolute Gasteiger partial charge is 0.384 e. The summed E-state index contributed by atoms with van der Waals surface area (Å²) >= 11 is 2.03. The Morgan fingerprint density at radius 2 is 2.05 bits per heavy atom. The molecule has 0 aliphatic carbocycles. The third-order valence-corrected chi connectivity index (χ3v) is 5.40. The van der Waals surface area contributed by atoms with E-state index >= 15 is 0 Å². The Bertz CT molecular complexity index is 282. The molecule has 1 amide bonds. The van der Waals surface area contributed by atoms with Crippen LogP contribution in [-0.4, -0.2) is 50.8 Å². The van der Waals surface area contributed by atoms with Crippen LogP contribution in [0.3, 0.4) is 0 Å². The van der Waals surface area contributed by atoms with Crippen LogP contribution in [0.1, 0.15) is 25.7 Å². The first kappa shape index (κ1) is 15.1. The van der Waals surface area contributed by atoms with Gasteiger partial charge in [0.1, 0.15) is 0 Å². The SMILES string of the molecule is COCC1(C(=O)NCC2CCSCC2)CCNCC1. The number of hydrogen-bond donors (Lipinski definition) is 2. The second-order valence-electron chi connectivity index (χ2n) is 5.73. The van der Waals surface area contributed by atoms with Gasteiger partial charge in [0.25, 0.3) is 0 Å². The predicted octanol–water partition coefficient (Wildman–Crippen LogP) is 1.26. The molecule has 0 aromatic carbocycles. The van der Waals surface area contributed by atoms with E-state index in [1.54, 1.807) is 7.11 Å². The van der Waals surface area contributed by atoms with Gasteiger partial charge < -0.3 is 15.4 Å². The molecule has 2 aliphatic heterocycles. The molecular weight excluding hydrogens is 260 g/mol. The van der Waals surface area contributed by atoms with Crippen LogP contribution in [0.4, 0.5) is 0 Å². The van der Waals surface area contributed by atoms with Crippen molar-refractivity contribution >= 4 is 17.7 Å². The highest BCUT2D eigenvalue weighted by molar-refractivity contribution is 7.99. The fourth-order valence-electron chi connectivity index (χ4n) is 2.99. The minimum Gasteiger partial charge on any atom is -0.384 e. The summed E-state index contributed by atoms with van der Waals surface area (Å²) in [6.45, 7) is 3.22. The van der Waals surface area contributed by atoms with Gasteiger partial charge in [-0.1, -0.05) is 0 Å². The molecule has 110 valence electrons. The average Bonchev–Trinajstić information content (AvgIpc) is 2.47. The van der Waals surface area contributed by atoms with E-state index in [-0.39, 0.29) is 11.3 Å². The Kier molecular flexibility index (Phi) is 5.98. The van der Waals surface area contributed by atoms with Crippen LogP contribution in [0.15, 0.2) is 0 Å². The van der Waals surface area contributed by atoms with E-state index in [4.69, 9.17) is 4.74 Å². The predicted molar refractivity (Wildman–Crippen MR) is 79.5 cm³/mol. The van der Waals surface area contributed by atoms with Crippen molar-refractivity contribution in [3.63, 3.8) is 0 Å². The Morgan fingerprint density at radius 1 is 1.37 bits per heavy atom. The first-order valence-electron chi connectivity index (χ1n) is 7.32. The number of nitrogens with one attached hydrogen (secondary N) is 2. The zero-order valence-electron chi connectivity index (χ0n) is 11.9. The van der Waals surface area contributed by atoms with E-state index in [1.807, 2.05) is 11.8 Å². The lowest BCUT2D eigenvalue weighted by molar-refractivity contribution is -0.136. The number of piperidine rings is 1. The molecule has 4 nitrogen and oxygen atoms in total. The summed E-state index contributed by atoms with van der Waals surface area (Å²) in [5.74, 6) is 3.36. The molecular formula is C14H26N2O2S. The number of methoxy groups -OCH3 is 1. The maximum atomic E-state index is 12.5. The van der Waals surface area contributed by atoms with Gasteiger partial charge in [-0.25, -0.2) is 0 Å². The summed E-state index contributed by atoms with van der Waals surface area (Å²) in [6, 6.07) is 0. The molecule has 0 aromatic heterocycles. The molecule has 2 heterocycles. The van der Waals surface area contributed by atoms with Crippen molar-refractivity contribution in [2.45, 2.75) is 25.7 Å². The third-order valence-electron chi connectivity index (χ3n) is 4.36. The van der Waals surface area contributed by atoms with Crippen molar-refractivity contribution in [3.05, 3.63) is 0 Å². The number of thioether (sulfide) groups is 1. The molecule has 0 spiro atoms. The Balaban J connectivity index is 1.84. The van der Waals surface area contributed by atoms with Crippen molar-refractivity contribution in [3.8, 4) is 0 Å². The van der Waals surface area contributed by atoms with E-state index in [0.717, 1.165) is 32.5 Å². The minimum atomic E-state index is -0.302. The van der Waals surface area contributed by atoms with E-state index in [2.05, 4.69) is 10.6 Å². The topological polar surface area (TPSA) is 50.4 Å². The highest BCUT2D eigenvalue weighted by Gasteiger charge is 2.39. The van der Waals surface area contributed by atoms with Crippen molar-refractivity contribution in [2.75, 3.05) is 44.9 Å². The van der Waals surface area contributed by atoms with Gasteiger partial charge in [0, 0.05) is 13.7 Å². The Morgan fingerprint density at radius 3 is 2.68 bits per heavy atom. The van der Waals surface area contributed by atoms with Crippen LogP contribution in [0.5, 0.6) is 0 Å². The molecule has 0 unspecified atom stereocenters. The molecule has 2 aliphatic rings. The summed E-state index contributed by atoms with van der Waals surface area (Å²) in [6.07, 6.45) is 4.24. The Labute approximate surface area is 120 Å². The lowest BCUT2D eigenvalue weighted by atomic mass is 9.78. The molecule has 2 rings (SSSR count). The van der Waals surface area contributed by atoms with Crippen LogP contribution in [-0.2, 0) is 9.53 Å². The minimum absolute atomic E-state index is 0.203. The van der Waals surface area contributed by atoms with Gasteiger partial charge in [-0.3, -0.25) is 4.79 Å². The standard InChI is InChI=1S/C14H26N2O2S/c1-18-11-14(4-6-15-7-5-14)13(17)16-10-12-2-8-19-9-3-12/h12,15H,2-11H2,1H3,(H,16,17). The maximum Gasteiger partial charge on any atom is 0.228 e. The number of carbonyl (C=O) groups excluding carboxylic acids is 1. The lowest BCUT2D eigenvalue weighted by Crippen LogP contribution is -2.51. The normalized spacial score (nSPS) is 24.1. The first-order chi connectivity index (χ1) is 9.27. The lowest BCUT2D eigenvalue weighted by Gasteiger charge is -2.36. The van der Waals surface area contributed by atoms with Gasteiger partial charge in [-0.15, -0.1) is 0 Å². The zero-order chi connectivity index (χ0) is 13.6. The third kappa shape index (κ3) is 4.10. The van der Waals surface area contributed by atoms with Crippen LogP contribution in [0, 0.1) is 11.3 Å². The first-order valence-corrected chi connectivity index (χ1v) is 8.48. The summed E-state index contributed by atoms with van der Waals surface area (Å²) < 4.78 is 5.31. The average molecular weight is 286 g/mol. The van der Waals surface area contributed by atoms with Gasteiger partial charge in [-0.05, 0) is 56.2 Å². The van der Waals surface area contributed by atoms with E-state index in [0.29, 0.717) is 12.5 Å². The van der Waals surface area contributed by atoms with E-state index in [1.165, 1.54) is 24.3 Å². The van der Waals surface area contributed by atoms with Crippen molar-refractivity contribution < 1.29 is 9.53 Å². The molecule has 0 bridgehead atoms. The monoisotopic (exact) mass is 286 g/mol. The molecule has 19 heavy (non-hydrogen) atoms. The van der Waals surface area contributed by atoms with Gasteiger partial charge in [0.05, 0.1) is 12.0 Å². The Hall–Kier alpha value is -0.260. The van der Waals surface area contributed by atoms with Gasteiger partial charge in [0.15, 0.2) is 0 Å². The number of amides is 1. The highest BCUT2D eigenvalue weighted by Crippen LogP contribution is 2.30. The molecule has 0 atom stereocenters. The highest BCUT2D eigenvalue weighted by atomic mass is 32.2. The quantitative estimate of drug-likeness (QED) is 0.799. The van der Waals surface area contributed by atoms with Crippen LogP contribution in [0.25, 0.3) is 0 Å². The van der Waals surface area contributed by atoms with Gasteiger partial charge in [-0.2, -0.15) is 11.8 Å². The summed E-state index contributed by atoms with van der Waals surface area (Å²) in [4.78, 5) is 12.5. The number of hydrogen-bond acceptors (Lipinski definition) is 4. The fourth-order valence-corrected chi connectivity index (χ4v) is 4.20. The fraction of sp³-hybridized carbons (Fsp3) is 0.929. The second-order valence-corrected chi connectivity index (χ2v) is 6.95. The molecule has 5 heteroatoms. The molecule has 0 radical (unpaired) electrons.